The summed E-state index contributed by atoms with van der Waals surface area (Å²) in [6.07, 6.45) is 1.38. The van der Waals surface area contributed by atoms with Gasteiger partial charge in [0.1, 0.15) is 4.90 Å². The zero-order valence-electron chi connectivity index (χ0n) is 17.3. The summed E-state index contributed by atoms with van der Waals surface area (Å²) < 4.78 is 31.1. The minimum Gasteiger partial charge on any atom is -0.378 e. The molecule has 0 N–H and O–H groups in total. The maximum atomic E-state index is 12.9. The van der Waals surface area contributed by atoms with Gasteiger partial charge in [0, 0.05) is 36.0 Å². The molecular weight excluding hydrogens is 462 g/mol. The fourth-order valence-corrected chi connectivity index (χ4v) is 4.16. The Labute approximate surface area is 193 Å². The lowest BCUT2D eigenvalue weighted by atomic mass is 10.0. The van der Waals surface area contributed by atoms with E-state index in [1.54, 1.807) is 24.3 Å². The van der Waals surface area contributed by atoms with Crippen molar-refractivity contribution in [1.29, 1.82) is 0 Å². The number of benzene rings is 4. The van der Waals surface area contributed by atoms with E-state index < -0.39 is 20.0 Å². The molecule has 0 aliphatic rings. The van der Waals surface area contributed by atoms with Crippen LogP contribution in [0, 0.1) is 20.2 Å². The molecule has 0 spiro atoms. The minimum atomic E-state index is -4.32. The summed E-state index contributed by atoms with van der Waals surface area (Å²) in [5, 5.41) is 23.3. The number of nitrogens with zero attached hydrogens (tertiary/aromatic N) is 3. The highest BCUT2D eigenvalue weighted by Gasteiger charge is 2.20. The molecule has 0 bridgehead atoms. The van der Waals surface area contributed by atoms with E-state index in [0.29, 0.717) is 16.6 Å². The maximum Gasteiger partial charge on any atom is 0.339 e. The summed E-state index contributed by atoms with van der Waals surface area (Å²) in [7, 11) is -4.32. The number of nitro groups is 2. The molecule has 0 saturated carbocycles. The van der Waals surface area contributed by atoms with E-state index in [1.165, 1.54) is 30.5 Å². The highest BCUT2D eigenvalue weighted by Crippen LogP contribution is 2.30. The summed E-state index contributed by atoms with van der Waals surface area (Å²) >= 11 is 0. The molecule has 4 rings (SSSR count). The van der Waals surface area contributed by atoms with Gasteiger partial charge in [0.25, 0.3) is 11.4 Å². The van der Waals surface area contributed by atoms with Gasteiger partial charge in [-0.15, -0.1) is 0 Å². The van der Waals surface area contributed by atoms with E-state index in [4.69, 9.17) is 4.18 Å². The van der Waals surface area contributed by atoms with E-state index >= 15 is 0 Å². The first kappa shape index (κ1) is 22.6. The zero-order valence-corrected chi connectivity index (χ0v) is 18.1. The predicted octanol–water partition coefficient (Wildman–Crippen LogP) is 5.17. The molecule has 4 aromatic rings. The molecule has 0 fully saturated rings. The highest BCUT2D eigenvalue weighted by atomic mass is 32.2. The summed E-state index contributed by atoms with van der Waals surface area (Å²) in [4.78, 5) is 24.7. The molecule has 170 valence electrons. The Morgan fingerprint density at radius 2 is 1.50 bits per heavy atom. The first-order valence-electron chi connectivity index (χ1n) is 9.74. The average molecular weight is 477 g/mol. The SMILES string of the molecule is O=[N+]([O-])c1ccc(S(=O)(=O)Oc2ccc3ccccc3c2C=Nc2cccc([N+](=O)[O-])c2)cc1. The molecule has 10 nitrogen and oxygen atoms in total. The maximum absolute atomic E-state index is 12.9. The third-order valence-corrected chi connectivity index (χ3v) is 6.10. The van der Waals surface area contributed by atoms with E-state index in [2.05, 4.69) is 4.99 Å². The van der Waals surface area contributed by atoms with E-state index in [1.807, 2.05) is 12.1 Å². The van der Waals surface area contributed by atoms with Crippen LogP contribution in [0.1, 0.15) is 5.56 Å². The van der Waals surface area contributed by atoms with Crippen LogP contribution in [-0.2, 0) is 10.1 Å². The molecule has 0 amide bonds. The number of nitro benzene ring substituents is 2. The van der Waals surface area contributed by atoms with Crippen LogP contribution in [0.5, 0.6) is 5.75 Å². The van der Waals surface area contributed by atoms with Crippen LogP contribution in [0.3, 0.4) is 0 Å². The first-order valence-corrected chi connectivity index (χ1v) is 11.1. The Kier molecular flexibility index (Phi) is 6.02. The molecule has 11 heteroatoms. The second-order valence-corrected chi connectivity index (χ2v) is 8.57. The van der Waals surface area contributed by atoms with E-state index in [9.17, 15) is 28.6 Å². The number of hydrogen-bond acceptors (Lipinski definition) is 8. The van der Waals surface area contributed by atoms with Gasteiger partial charge >= 0.3 is 10.1 Å². The number of aliphatic imine (C=N–C) groups is 1. The van der Waals surface area contributed by atoms with Gasteiger partial charge in [0.15, 0.2) is 5.75 Å². The standard InChI is InChI=1S/C23H15N3O7S/c27-25(28)18-9-11-20(12-10-18)34(31,32)33-23-13-8-16-4-1-2-7-21(16)22(23)15-24-17-5-3-6-19(14-17)26(29)30/h1-15H. The van der Waals surface area contributed by atoms with Crippen LogP contribution in [0.2, 0.25) is 0 Å². The number of rotatable bonds is 7. The van der Waals surface area contributed by atoms with Crippen LogP contribution >= 0.6 is 0 Å². The molecule has 0 unspecified atom stereocenters. The normalized spacial score (nSPS) is 11.5. The van der Waals surface area contributed by atoms with E-state index in [-0.39, 0.29) is 22.0 Å². The summed E-state index contributed by atoms with van der Waals surface area (Å²) in [6.45, 7) is 0. The van der Waals surface area contributed by atoms with Crippen LogP contribution in [0.25, 0.3) is 10.8 Å². The molecule has 34 heavy (non-hydrogen) atoms. The Bertz CT molecular complexity index is 1550. The van der Waals surface area contributed by atoms with Gasteiger partial charge in [-0.3, -0.25) is 25.2 Å². The Hall–Kier alpha value is -4.64. The van der Waals surface area contributed by atoms with E-state index in [0.717, 1.165) is 29.7 Å². The van der Waals surface area contributed by atoms with Crippen molar-refractivity contribution in [3.63, 3.8) is 0 Å². The van der Waals surface area contributed by atoms with Crippen LogP contribution in [0.15, 0.2) is 94.8 Å². The molecule has 0 heterocycles. The zero-order chi connectivity index (χ0) is 24.3. The topological polar surface area (TPSA) is 142 Å². The van der Waals surface area contributed by atoms with Gasteiger partial charge in [0.05, 0.1) is 15.5 Å². The first-order chi connectivity index (χ1) is 16.2. The van der Waals surface area contributed by atoms with Crippen LogP contribution in [0.4, 0.5) is 17.1 Å². The lowest BCUT2D eigenvalue weighted by molar-refractivity contribution is -0.385. The van der Waals surface area contributed by atoms with Crippen molar-refractivity contribution in [2.45, 2.75) is 4.90 Å². The fraction of sp³-hybridized carbons (Fsp3) is 0. The Morgan fingerprint density at radius 3 is 2.21 bits per heavy atom. The van der Waals surface area contributed by atoms with Crippen molar-refractivity contribution in [3.8, 4) is 5.75 Å². The molecule has 0 aliphatic carbocycles. The van der Waals surface area contributed by atoms with Crippen molar-refractivity contribution in [2.24, 2.45) is 4.99 Å². The van der Waals surface area contributed by atoms with Crippen LogP contribution in [-0.4, -0.2) is 24.5 Å². The smallest absolute Gasteiger partial charge is 0.339 e. The van der Waals surface area contributed by atoms with Crippen molar-refractivity contribution < 1.29 is 22.4 Å². The monoisotopic (exact) mass is 477 g/mol. The predicted molar refractivity (Wildman–Crippen MR) is 125 cm³/mol. The molecule has 4 aromatic carbocycles. The average Bonchev–Trinajstić information content (AvgIpc) is 2.83. The lowest BCUT2D eigenvalue weighted by Crippen LogP contribution is -2.11. The van der Waals surface area contributed by atoms with Crippen LogP contribution < -0.4 is 4.18 Å². The lowest BCUT2D eigenvalue weighted by Gasteiger charge is -2.12. The van der Waals surface area contributed by atoms with Gasteiger partial charge in [-0.25, -0.2) is 0 Å². The quantitative estimate of drug-likeness (QED) is 0.155. The van der Waals surface area contributed by atoms with Gasteiger partial charge < -0.3 is 4.18 Å². The Morgan fingerprint density at radius 1 is 0.794 bits per heavy atom. The summed E-state index contributed by atoms with van der Waals surface area (Å²) in [6, 6.07) is 20.3. The highest BCUT2D eigenvalue weighted by molar-refractivity contribution is 7.87. The third-order valence-electron chi connectivity index (χ3n) is 4.85. The molecule has 0 radical (unpaired) electrons. The molecular formula is C23H15N3O7S. The van der Waals surface area contributed by atoms with Crippen molar-refractivity contribution in [1.82, 2.24) is 0 Å². The van der Waals surface area contributed by atoms with Gasteiger partial charge in [0.2, 0.25) is 0 Å². The minimum absolute atomic E-state index is 0.0220. The second-order valence-electron chi connectivity index (χ2n) is 7.02. The van der Waals surface area contributed by atoms with Crippen molar-refractivity contribution >= 4 is 44.2 Å². The molecule has 0 saturated heterocycles. The van der Waals surface area contributed by atoms with Gasteiger partial charge in [-0.1, -0.05) is 36.4 Å². The molecule has 0 aromatic heterocycles. The number of hydrogen-bond donors (Lipinski definition) is 0. The fourth-order valence-electron chi connectivity index (χ4n) is 3.21. The number of non-ortho nitro benzene ring substituents is 2. The third kappa shape index (κ3) is 4.74. The second kappa shape index (κ2) is 9.08. The largest absolute Gasteiger partial charge is 0.378 e. The van der Waals surface area contributed by atoms with Crippen molar-refractivity contribution in [3.05, 3.63) is 111 Å². The van der Waals surface area contributed by atoms with Crippen molar-refractivity contribution in [2.75, 3.05) is 0 Å². The van der Waals surface area contributed by atoms with Gasteiger partial charge in [-0.2, -0.15) is 8.42 Å². The number of fused-ring (bicyclic) bond motifs is 1. The summed E-state index contributed by atoms with van der Waals surface area (Å²) in [5.74, 6) is -0.0220. The van der Waals surface area contributed by atoms with Gasteiger partial charge in [-0.05, 0) is 35.0 Å². The molecule has 0 atom stereocenters. The Balaban J connectivity index is 1.76. The molecule has 0 aliphatic heterocycles. The summed E-state index contributed by atoms with van der Waals surface area (Å²) in [5.41, 5.74) is 0.251.